The van der Waals surface area contributed by atoms with Crippen LogP contribution < -0.4 is 5.32 Å². The van der Waals surface area contributed by atoms with Crippen LogP contribution in [0.25, 0.3) is 16.3 Å². The smallest absolute Gasteiger partial charge is 0.162 e. The highest BCUT2D eigenvalue weighted by molar-refractivity contribution is 6.12. The van der Waals surface area contributed by atoms with Crippen LogP contribution in [0, 0.1) is 12.3 Å². The lowest BCUT2D eigenvalue weighted by atomic mass is 9.68. The van der Waals surface area contributed by atoms with Crippen LogP contribution in [-0.2, 0) is 4.79 Å². The number of allylic oxidation sites excluding steroid dienone is 1. The second-order valence-electron chi connectivity index (χ2n) is 9.03. The highest BCUT2D eigenvalue weighted by Crippen LogP contribution is 2.51. The molecule has 2 aliphatic rings. The molecule has 28 heavy (non-hydrogen) atoms. The molecule has 1 atom stereocenters. The van der Waals surface area contributed by atoms with Crippen LogP contribution in [-0.4, -0.2) is 5.78 Å². The summed E-state index contributed by atoms with van der Waals surface area (Å²) in [5.74, 6) is 0.280. The van der Waals surface area contributed by atoms with Gasteiger partial charge in [0, 0.05) is 23.2 Å². The molecule has 0 amide bonds. The summed E-state index contributed by atoms with van der Waals surface area (Å²) in [6.45, 7) is 6.52. The second kappa shape index (κ2) is 6.07. The molecule has 1 heterocycles. The van der Waals surface area contributed by atoms with Crippen molar-refractivity contribution < 1.29 is 4.79 Å². The Morgan fingerprint density at radius 3 is 2.46 bits per heavy atom. The van der Waals surface area contributed by atoms with Gasteiger partial charge in [0.2, 0.25) is 0 Å². The van der Waals surface area contributed by atoms with Gasteiger partial charge in [0.1, 0.15) is 0 Å². The van der Waals surface area contributed by atoms with Crippen LogP contribution in [0.2, 0.25) is 0 Å². The number of carbonyl (C=O) groups is 1. The molecule has 0 bridgehead atoms. The van der Waals surface area contributed by atoms with Crippen molar-refractivity contribution in [3.05, 3.63) is 82.9 Å². The average Bonchev–Trinajstić information content (AvgIpc) is 2.66. The molecule has 0 fully saturated rings. The zero-order valence-corrected chi connectivity index (χ0v) is 16.7. The largest absolute Gasteiger partial charge is 0.373 e. The lowest BCUT2D eigenvalue weighted by Crippen LogP contribution is -2.33. The minimum Gasteiger partial charge on any atom is -0.373 e. The van der Waals surface area contributed by atoms with Gasteiger partial charge in [-0.05, 0) is 46.7 Å². The molecule has 5 rings (SSSR count). The molecule has 0 saturated heterocycles. The number of ketones is 1. The summed E-state index contributed by atoms with van der Waals surface area (Å²) < 4.78 is 0. The topological polar surface area (TPSA) is 29.1 Å². The van der Waals surface area contributed by atoms with Crippen LogP contribution in [0.3, 0.4) is 0 Å². The fraction of sp³-hybridized carbons (Fsp3) is 0.269. The van der Waals surface area contributed by atoms with Gasteiger partial charge in [0.05, 0.1) is 6.04 Å². The van der Waals surface area contributed by atoms with Crippen LogP contribution in [0.1, 0.15) is 49.4 Å². The van der Waals surface area contributed by atoms with Gasteiger partial charge in [-0.15, -0.1) is 0 Å². The number of Topliss-reactive ketones (excluding diaryl/α,β-unsaturated/α-hetero) is 1. The summed E-state index contributed by atoms with van der Waals surface area (Å²) in [6.07, 6.45) is 1.54. The van der Waals surface area contributed by atoms with Crippen LogP contribution in [0.15, 0.2) is 66.2 Å². The molecule has 2 nitrogen and oxygen atoms in total. The first-order valence-electron chi connectivity index (χ1n) is 10.0. The van der Waals surface area contributed by atoms with Crippen LogP contribution in [0.4, 0.5) is 5.69 Å². The number of carbonyl (C=O) groups excluding carboxylic acids is 1. The summed E-state index contributed by atoms with van der Waals surface area (Å²) in [7, 11) is 0. The molecule has 3 aromatic rings. The van der Waals surface area contributed by atoms with Crippen molar-refractivity contribution in [2.75, 3.05) is 5.32 Å². The Labute approximate surface area is 166 Å². The van der Waals surface area contributed by atoms with Crippen molar-refractivity contribution in [1.29, 1.82) is 0 Å². The van der Waals surface area contributed by atoms with E-state index in [1.54, 1.807) is 0 Å². The molecule has 0 aromatic heterocycles. The maximum Gasteiger partial charge on any atom is 0.162 e. The molecule has 0 radical (unpaired) electrons. The number of rotatable bonds is 1. The third-order valence-electron chi connectivity index (χ3n) is 6.15. The summed E-state index contributed by atoms with van der Waals surface area (Å²) >= 11 is 0. The minimum atomic E-state index is -0.0761. The van der Waals surface area contributed by atoms with E-state index >= 15 is 0 Å². The van der Waals surface area contributed by atoms with Crippen molar-refractivity contribution in [3.8, 4) is 0 Å². The summed E-state index contributed by atoms with van der Waals surface area (Å²) in [5.41, 5.74) is 6.93. The molecular weight excluding hydrogens is 342 g/mol. The zero-order chi connectivity index (χ0) is 19.5. The van der Waals surface area contributed by atoms with Crippen LogP contribution in [0.5, 0.6) is 0 Å². The van der Waals surface area contributed by atoms with Crippen molar-refractivity contribution in [2.45, 2.75) is 39.7 Å². The average molecular weight is 367 g/mol. The van der Waals surface area contributed by atoms with Gasteiger partial charge < -0.3 is 5.32 Å². The van der Waals surface area contributed by atoms with E-state index in [9.17, 15) is 4.79 Å². The van der Waals surface area contributed by atoms with Gasteiger partial charge >= 0.3 is 0 Å². The molecule has 1 aliphatic carbocycles. The predicted molar refractivity (Wildman–Crippen MR) is 116 cm³/mol. The Morgan fingerprint density at radius 2 is 1.68 bits per heavy atom. The minimum absolute atomic E-state index is 0.0146. The van der Waals surface area contributed by atoms with E-state index in [2.05, 4.69) is 86.8 Å². The Bertz CT molecular complexity index is 1130. The molecule has 2 heteroatoms. The lowest BCUT2D eigenvalue weighted by Gasteiger charge is -2.40. The Morgan fingerprint density at radius 1 is 0.929 bits per heavy atom. The monoisotopic (exact) mass is 367 g/mol. The van der Waals surface area contributed by atoms with Gasteiger partial charge in [0.25, 0.3) is 0 Å². The number of hydrogen-bond donors (Lipinski definition) is 1. The van der Waals surface area contributed by atoms with Gasteiger partial charge in [-0.25, -0.2) is 0 Å². The second-order valence-corrected chi connectivity index (χ2v) is 9.03. The highest BCUT2D eigenvalue weighted by Gasteiger charge is 2.40. The fourth-order valence-electron chi connectivity index (χ4n) is 4.85. The third-order valence-corrected chi connectivity index (χ3v) is 6.15. The van der Waals surface area contributed by atoms with E-state index in [1.807, 2.05) is 0 Å². The first-order chi connectivity index (χ1) is 13.4. The summed E-state index contributed by atoms with van der Waals surface area (Å²) in [6, 6.07) is 21.3. The number of nitrogens with one attached hydrogen (secondary N) is 1. The van der Waals surface area contributed by atoms with Gasteiger partial charge in [-0.1, -0.05) is 74.0 Å². The van der Waals surface area contributed by atoms with Gasteiger partial charge in [-0.2, -0.15) is 0 Å². The van der Waals surface area contributed by atoms with Crippen molar-refractivity contribution >= 4 is 27.8 Å². The van der Waals surface area contributed by atoms with Crippen molar-refractivity contribution in [2.24, 2.45) is 5.41 Å². The first kappa shape index (κ1) is 17.2. The standard InChI is InChI=1S/C26H25NO/c1-16-8-10-18(11-9-16)25-24-20(14-26(2,3)15-22(24)28)23-19-7-5-4-6-17(19)12-13-21(23)27-25/h4-13,25,27H,14-15H2,1-3H3. The van der Waals surface area contributed by atoms with E-state index < -0.39 is 0 Å². The molecule has 1 aliphatic heterocycles. The number of fused-ring (bicyclic) bond motifs is 4. The first-order valence-corrected chi connectivity index (χ1v) is 10.0. The lowest BCUT2D eigenvalue weighted by molar-refractivity contribution is -0.118. The van der Waals surface area contributed by atoms with Crippen molar-refractivity contribution in [3.63, 3.8) is 0 Å². The molecule has 1 unspecified atom stereocenters. The Kier molecular flexibility index (Phi) is 3.74. The Balaban J connectivity index is 1.79. The van der Waals surface area contributed by atoms with Gasteiger partial charge in [-0.3, -0.25) is 4.79 Å². The van der Waals surface area contributed by atoms with Gasteiger partial charge in [0.15, 0.2) is 5.78 Å². The number of aryl methyl sites for hydroxylation is 1. The maximum atomic E-state index is 13.3. The van der Waals surface area contributed by atoms with E-state index in [4.69, 9.17) is 0 Å². The molecule has 0 saturated carbocycles. The van der Waals surface area contributed by atoms with E-state index in [1.165, 1.54) is 27.5 Å². The number of hydrogen-bond acceptors (Lipinski definition) is 2. The molecule has 140 valence electrons. The molecule has 1 N–H and O–H groups in total. The van der Waals surface area contributed by atoms with Crippen molar-refractivity contribution in [1.82, 2.24) is 0 Å². The molecular formula is C26H25NO. The predicted octanol–water partition coefficient (Wildman–Crippen LogP) is 6.46. The summed E-state index contributed by atoms with van der Waals surface area (Å²) in [4.78, 5) is 13.3. The molecule has 0 spiro atoms. The number of benzene rings is 3. The highest BCUT2D eigenvalue weighted by atomic mass is 16.1. The zero-order valence-electron chi connectivity index (χ0n) is 16.7. The molecule has 3 aromatic carbocycles. The van der Waals surface area contributed by atoms with Crippen LogP contribution >= 0.6 is 0 Å². The fourth-order valence-corrected chi connectivity index (χ4v) is 4.85. The Hall–Kier alpha value is -2.87. The SMILES string of the molecule is Cc1ccc(C2Nc3ccc4ccccc4c3C3=C2C(=O)CC(C)(C)C3)cc1. The summed E-state index contributed by atoms with van der Waals surface area (Å²) in [5, 5.41) is 6.15. The van der Waals surface area contributed by atoms with E-state index in [0.717, 1.165) is 23.2 Å². The normalized spacial score (nSPS) is 20.5. The number of anilines is 1. The third kappa shape index (κ3) is 2.67. The van der Waals surface area contributed by atoms with E-state index in [-0.39, 0.29) is 17.2 Å². The van der Waals surface area contributed by atoms with E-state index in [0.29, 0.717) is 6.42 Å². The quantitative estimate of drug-likeness (QED) is 0.535. The maximum absolute atomic E-state index is 13.3.